The summed E-state index contributed by atoms with van der Waals surface area (Å²) in [5, 5.41) is 6.67. The van der Waals surface area contributed by atoms with Crippen LogP contribution in [0, 0.1) is 0 Å². The van der Waals surface area contributed by atoms with Crippen LogP contribution in [0.1, 0.15) is 19.4 Å². The number of aromatic nitrogens is 1. The topological polar surface area (TPSA) is 70.1 Å². The zero-order valence-electron chi connectivity index (χ0n) is 11.7. The van der Waals surface area contributed by atoms with E-state index < -0.39 is 5.76 Å². The number of H-pyrrole nitrogens is 1. The second-order valence-electron chi connectivity index (χ2n) is 5.41. The second-order valence-corrected chi connectivity index (χ2v) is 5.41. The molecule has 0 atom stereocenters. The van der Waals surface area contributed by atoms with Gasteiger partial charge in [0.15, 0.2) is 5.58 Å². The standard InChI is InChI=1S/C14H21N3O2/c1-14(2,15-3)9-16-7-6-10-4-5-12-11(8-10)17-13(18)19-12/h4-5,8,15-16H,6-7,9H2,1-3H3,(H,17,18). The van der Waals surface area contributed by atoms with E-state index in [1.807, 2.05) is 25.2 Å². The van der Waals surface area contributed by atoms with Crippen LogP contribution in [0.15, 0.2) is 27.4 Å². The maximum atomic E-state index is 11.1. The lowest BCUT2D eigenvalue weighted by atomic mass is 10.1. The van der Waals surface area contributed by atoms with Crippen LogP contribution >= 0.6 is 0 Å². The van der Waals surface area contributed by atoms with Gasteiger partial charge in [-0.25, -0.2) is 4.79 Å². The Morgan fingerprint density at radius 2 is 2.16 bits per heavy atom. The van der Waals surface area contributed by atoms with Crippen molar-refractivity contribution in [2.75, 3.05) is 20.1 Å². The number of aromatic amines is 1. The molecule has 1 heterocycles. The Hall–Kier alpha value is -1.59. The molecule has 2 aromatic rings. The fourth-order valence-electron chi connectivity index (χ4n) is 1.88. The van der Waals surface area contributed by atoms with Crippen molar-refractivity contribution < 1.29 is 4.42 Å². The van der Waals surface area contributed by atoms with Crippen LogP contribution < -0.4 is 16.4 Å². The molecule has 0 fully saturated rings. The first-order valence-corrected chi connectivity index (χ1v) is 6.51. The summed E-state index contributed by atoms with van der Waals surface area (Å²) in [6, 6.07) is 5.79. The Kier molecular flexibility index (Phi) is 4.07. The maximum absolute atomic E-state index is 11.1. The van der Waals surface area contributed by atoms with E-state index >= 15 is 0 Å². The molecular formula is C14H21N3O2. The first kappa shape index (κ1) is 13.8. The smallest absolute Gasteiger partial charge is 0.408 e. The molecule has 0 spiro atoms. The molecule has 1 aromatic carbocycles. The predicted molar refractivity (Wildman–Crippen MR) is 76.5 cm³/mol. The van der Waals surface area contributed by atoms with Gasteiger partial charge in [-0.1, -0.05) is 6.07 Å². The van der Waals surface area contributed by atoms with Gasteiger partial charge in [0.05, 0.1) is 5.52 Å². The molecule has 0 unspecified atom stereocenters. The molecule has 5 nitrogen and oxygen atoms in total. The minimum absolute atomic E-state index is 0.0970. The van der Waals surface area contributed by atoms with E-state index in [9.17, 15) is 4.79 Å². The van der Waals surface area contributed by atoms with E-state index in [1.165, 1.54) is 5.56 Å². The third-order valence-electron chi connectivity index (χ3n) is 3.32. The summed E-state index contributed by atoms with van der Waals surface area (Å²) < 4.78 is 4.97. The number of hydrogen-bond acceptors (Lipinski definition) is 4. The van der Waals surface area contributed by atoms with Crippen molar-refractivity contribution in [1.29, 1.82) is 0 Å². The van der Waals surface area contributed by atoms with Crippen molar-refractivity contribution in [1.82, 2.24) is 15.6 Å². The third-order valence-corrected chi connectivity index (χ3v) is 3.32. The third kappa shape index (κ3) is 3.68. The van der Waals surface area contributed by atoms with Gasteiger partial charge in [0.25, 0.3) is 0 Å². The Labute approximate surface area is 112 Å². The normalized spacial score (nSPS) is 12.2. The number of fused-ring (bicyclic) bond motifs is 1. The molecule has 0 aliphatic rings. The zero-order chi connectivity index (χ0) is 13.9. The highest BCUT2D eigenvalue weighted by Crippen LogP contribution is 2.12. The lowest BCUT2D eigenvalue weighted by Gasteiger charge is -2.24. The number of rotatable bonds is 6. The average Bonchev–Trinajstić information content (AvgIpc) is 2.74. The van der Waals surface area contributed by atoms with Crippen molar-refractivity contribution in [3.05, 3.63) is 34.3 Å². The number of benzene rings is 1. The molecule has 19 heavy (non-hydrogen) atoms. The lowest BCUT2D eigenvalue weighted by molar-refractivity contribution is 0.395. The van der Waals surface area contributed by atoms with E-state index in [0.29, 0.717) is 5.58 Å². The van der Waals surface area contributed by atoms with Crippen LogP contribution in [0.25, 0.3) is 11.1 Å². The summed E-state index contributed by atoms with van der Waals surface area (Å²) in [6.45, 7) is 6.12. The van der Waals surface area contributed by atoms with Gasteiger partial charge in [0.2, 0.25) is 0 Å². The molecule has 2 rings (SSSR count). The molecule has 0 aliphatic carbocycles. The van der Waals surface area contributed by atoms with E-state index in [0.717, 1.165) is 25.0 Å². The summed E-state index contributed by atoms with van der Waals surface area (Å²) in [6.07, 6.45) is 0.920. The van der Waals surface area contributed by atoms with Crippen molar-refractivity contribution >= 4 is 11.1 Å². The number of likely N-dealkylation sites (N-methyl/N-ethyl adjacent to an activating group) is 1. The molecule has 1 aromatic heterocycles. The van der Waals surface area contributed by atoms with Gasteiger partial charge >= 0.3 is 5.76 Å². The van der Waals surface area contributed by atoms with Crippen LogP contribution in [-0.2, 0) is 6.42 Å². The number of hydrogen-bond donors (Lipinski definition) is 3. The minimum atomic E-state index is -0.402. The van der Waals surface area contributed by atoms with Gasteiger partial charge in [-0.05, 0) is 51.6 Å². The van der Waals surface area contributed by atoms with Gasteiger partial charge in [-0.3, -0.25) is 4.98 Å². The van der Waals surface area contributed by atoms with E-state index in [2.05, 4.69) is 29.5 Å². The highest BCUT2D eigenvalue weighted by atomic mass is 16.4. The van der Waals surface area contributed by atoms with Gasteiger partial charge in [-0.2, -0.15) is 0 Å². The first-order valence-electron chi connectivity index (χ1n) is 6.51. The molecule has 104 valence electrons. The summed E-state index contributed by atoms with van der Waals surface area (Å²) in [5.74, 6) is -0.402. The van der Waals surface area contributed by atoms with Gasteiger partial charge in [-0.15, -0.1) is 0 Å². The molecule has 0 amide bonds. The fourth-order valence-corrected chi connectivity index (χ4v) is 1.88. The molecule has 0 radical (unpaired) electrons. The van der Waals surface area contributed by atoms with Crippen molar-refractivity contribution in [3.8, 4) is 0 Å². The van der Waals surface area contributed by atoms with Crippen LogP contribution in [0.5, 0.6) is 0 Å². The summed E-state index contributed by atoms with van der Waals surface area (Å²) >= 11 is 0. The number of nitrogens with one attached hydrogen (secondary N) is 3. The molecule has 3 N–H and O–H groups in total. The Morgan fingerprint density at radius 3 is 2.89 bits per heavy atom. The van der Waals surface area contributed by atoms with Crippen molar-refractivity contribution in [2.45, 2.75) is 25.8 Å². The van der Waals surface area contributed by atoms with E-state index in [1.54, 1.807) is 0 Å². The van der Waals surface area contributed by atoms with Crippen molar-refractivity contribution in [3.63, 3.8) is 0 Å². The Balaban J connectivity index is 1.89. The molecule has 0 aliphatic heterocycles. The Morgan fingerprint density at radius 1 is 1.37 bits per heavy atom. The summed E-state index contributed by atoms with van der Waals surface area (Å²) in [5.41, 5.74) is 2.65. The monoisotopic (exact) mass is 263 g/mol. The summed E-state index contributed by atoms with van der Waals surface area (Å²) in [4.78, 5) is 13.7. The first-order chi connectivity index (χ1) is 9.00. The Bertz CT molecular complexity index is 598. The van der Waals surface area contributed by atoms with Crippen LogP contribution in [-0.4, -0.2) is 30.7 Å². The SMILES string of the molecule is CNC(C)(C)CNCCc1ccc2oc(=O)[nH]c2c1. The lowest BCUT2D eigenvalue weighted by Crippen LogP contribution is -2.46. The molecular weight excluding hydrogens is 242 g/mol. The van der Waals surface area contributed by atoms with E-state index in [-0.39, 0.29) is 5.54 Å². The van der Waals surface area contributed by atoms with Gasteiger partial charge < -0.3 is 15.1 Å². The van der Waals surface area contributed by atoms with Gasteiger partial charge in [0, 0.05) is 12.1 Å². The molecule has 5 heteroatoms. The molecule has 0 saturated carbocycles. The quantitative estimate of drug-likeness (QED) is 0.686. The number of oxazole rings is 1. The second kappa shape index (κ2) is 5.59. The highest BCUT2D eigenvalue weighted by molar-refractivity contribution is 5.72. The van der Waals surface area contributed by atoms with Crippen LogP contribution in [0.4, 0.5) is 0 Å². The van der Waals surface area contributed by atoms with Gasteiger partial charge in [0.1, 0.15) is 0 Å². The predicted octanol–water partition coefficient (Wildman–Crippen LogP) is 1.25. The average molecular weight is 263 g/mol. The van der Waals surface area contributed by atoms with Crippen molar-refractivity contribution in [2.24, 2.45) is 0 Å². The van der Waals surface area contributed by atoms with Crippen LogP contribution in [0.2, 0.25) is 0 Å². The molecule has 0 bridgehead atoms. The summed E-state index contributed by atoms with van der Waals surface area (Å²) in [7, 11) is 1.96. The van der Waals surface area contributed by atoms with E-state index in [4.69, 9.17) is 4.42 Å². The molecule has 0 saturated heterocycles. The largest absolute Gasteiger partial charge is 0.417 e. The minimum Gasteiger partial charge on any atom is -0.408 e. The maximum Gasteiger partial charge on any atom is 0.417 e. The van der Waals surface area contributed by atoms with Crippen LogP contribution in [0.3, 0.4) is 0 Å². The zero-order valence-corrected chi connectivity index (χ0v) is 11.7. The fraction of sp³-hybridized carbons (Fsp3) is 0.500. The highest BCUT2D eigenvalue weighted by Gasteiger charge is 2.12.